The van der Waals surface area contributed by atoms with Gasteiger partial charge in [0.1, 0.15) is 17.4 Å². The van der Waals surface area contributed by atoms with Crippen LogP contribution >= 0.6 is 0 Å². The van der Waals surface area contributed by atoms with E-state index in [1.807, 2.05) is 13.8 Å². The topological polar surface area (TPSA) is 57.4 Å². The van der Waals surface area contributed by atoms with E-state index in [1.54, 1.807) is 6.07 Å². The molecule has 0 fully saturated rings. The van der Waals surface area contributed by atoms with Gasteiger partial charge in [0.05, 0.1) is 11.8 Å². The average Bonchev–Trinajstić information content (AvgIpc) is 2.31. The Morgan fingerprint density at radius 3 is 2.35 bits per heavy atom. The molecule has 106 valence electrons. The molecule has 20 heavy (non-hydrogen) atoms. The first kappa shape index (κ1) is 14.0. The highest BCUT2D eigenvalue weighted by Crippen LogP contribution is 2.27. The Morgan fingerprint density at radius 2 is 1.75 bits per heavy atom. The highest BCUT2D eigenvalue weighted by atomic mass is 19.1. The van der Waals surface area contributed by atoms with Crippen molar-refractivity contribution in [2.45, 2.75) is 20.0 Å². The molecule has 1 heterocycles. The number of pyridine rings is 1. The molecule has 1 aromatic heterocycles. The van der Waals surface area contributed by atoms with Gasteiger partial charge in [-0.1, -0.05) is 0 Å². The minimum absolute atomic E-state index is 0.00951. The molecule has 2 rings (SSSR count). The summed E-state index contributed by atoms with van der Waals surface area (Å²) in [5.74, 6) is -1.09. The van der Waals surface area contributed by atoms with Crippen molar-refractivity contribution in [3.63, 3.8) is 0 Å². The lowest BCUT2D eigenvalue weighted by Gasteiger charge is -2.12. The Labute approximate surface area is 115 Å². The molecule has 0 aliphatic carbocycles. The quantitative estimate of drug-likeness (QED) is 0.931. The van der Waals surface area contributed by atoms with Crippen LogP contribution in [-0.4, -0.2) is 11.1 Å². The highest BCUT2D eigenvalue weighted by Gasteiger charge is 2.09. The van der Waals surface area contributed by atoms with Gasteiger partial charge in [-0.15, -0.1) is 0 Å². The van der Waals surface area contributed by atoms with Crippen molar-refractivity contribution < 1.29 is 18.3 Å². The molecule has 0 saturated carbocycles. The summed E-state index contributed by atoms with van der Waals surface area (Å²) >= 11 is 0. The number of rotatable bonds is 4. The maximum absolute atomic E-state index is 13.1. The molecule has 0 unspecified atom stereocenters. The van der Waals surface area contributed by atoms with E-state index in [-0.39, 0.29) is 23.6 Å². The normalized spacial score (nSPS) is 10.7. The third kappa shape index (κ3) is 3.57. The van der Waals surface area contributed by atoms with Crippen LogP contribution in [0.25, 0.3) is 0 Å². The summed E-state index contributed by atoms with van der Waals surface area (Å²) in [6.45, 7) is 3.66. The fourth-order valence-electron chi connectivity index (χ4n) is 1.52. The number of nitrogens with two attached hydrogens (primary N) is 1. The number of hydrogen-bond acceptors (Lipinski definition) is 4. The van der Waals surface area contributed by atoms with E-state index >= 15 is 0 Å². The second-order valence-electron chi connectivity index (χ2n) is 4.42. The van der Waals surface area contributed by atoms with E-state index in [0.29, 0.717) is 5.69 Å². The van der Waals surface area contributed by atoms with Crippen molar-refractivity contribution in [1.29, 1.82) is 0 Å². The molecular formula is C14H14F2N2O2. The zero-order valence-corrected chi connectivity index (χ0v) is 11.1. The fourth-order valence-corrected chi connectivity index (χ4v) is 1.52. The van der Waals surface area contributed by atoms with Crippen LogP contribution in [0.3, 0.4) is 0 Å². The van der Waals surface area contributed by atoms with Crippen molar-refractivity contribution in [2.24, 2.45) is 0 Å². The first-order valence-electron chi connectivity index (χ1n) is 6.01. The van der Waals surface area contributed by atoms with E-state index in [1.165, 1.54) is 6.07 Å². The van der Waals surface area contributed by atoms with E-state index in [4.69, 9.17) is 15.2 Å². The van der Waals surface area contributed by atoms with Gasteiger partial charge in [0.2, 0.25) is 11.8 Å². The van der Waals surface area contributed by atoms with Crippen LogP contribution in [0.4, 0.5) is 14.5 Å². The van der Waals surface area contributed by atoms with E-state index in [2.05, 4.69) is 4.98 Å². The van der Waals surface area contributed by atoms with Crippen molar-refractivity contribution in [2.75, 3.05) is 5.73 Å². The van der Waals surface area contributed by atoms with Crippen LogP contribution < -0.4 is 15.2 Å². The molecule has 0 aliphatic rings. The van der Waals surface area contributed by atoms with Gasteiger partial charge in [-0.25, -0.2) is 8.78 Å². The van der Waals surface area contributed by atoms with Crippen LogP contribution in [0.1, 0.15) is 13.8 Å². The van der Waals surface area contributed by atoms with Crippen LogP contribution in [0, 0.1) is 11.6 Å². The molecule has 6 heteroatoms. The molecule has 4 nitrogen and oxygen atoms in total. The number of ether oxygens (including phenoxy) is 2. The number of aromatic nitrogens is 1. The molecular weight excluding hydrogens is 266 g/mol. The monoisotopic (exact) mass is 280 g/mol. The fraction of sp³-hybridized carbons (Fsp3) is 0.214. The summed E-state index contributed by atoms with van der Waals surface area (Å²) < 4.78 is 36.8. The predicted octanol–water partition coefficient (Wildman–Crippen LogP) is 3.52. The van der Waals surface area contributed by atoms with Crippen molar-refractivity contribution in [3.8, 4) is 17.5 Å². The number of halogens is 2. The lowest BCUT2D eigenvalue weighted by Crippen LogP contribution is -2.09. The summed E-state index contributed by atoms with van der Waals surface area (Å²) in [5.41, 5.74) is 6.07. The number of hydrogen-bond donors (Lipinski definition) is 1. The third-order valence-corrected chi connectivity index (χ3v) is 2.27. The number of benzene rings is 1. The molecule has 2 N–H and O–H groups in total. The summed E-state index contributed by atoms with van der Waals surface area (Å²) in [5, 5.41) is 0. The summed E-state index contributed by atoms with van der Waals surface area (Å²) in [7, 11) is 0. The maximum atomic E-state index is 13.1. The minimum Gasteiger partial charge on any atom is -0.473 e. The molecule has 2 aromatic rings. The Hall–Kier alpha value is -2.37. The largest absolute Gasteiger partial charge is 0.473 e. The van der Waals surface area contributed by atoms with Crippen LogP contribution in [0.2, 0.25) is 0 Å². The standard InChI is InChI=1S/C14H14F2N2O2/c1-8(2)19-14-12(17)3-4-13(18-14)20-11-6-9(15)5-10(16)7-11/h3-8H,17H2,1-2H3. The molecule has 0 aliphatic heterocycles. The number of anilines is 1. The van der Waals surface area contributed by atoms with Gasteiger partial charge in [0, 0.05) is 24.3 Å². The van der Waals surface area contributed by atoms with Crippen LogP contribution in [-0.2, 0) is 0 Å². The molecule has 0 amide bonds. The van der Waals surface area contributed by atoms with E-state index in [0.717, 1.165) is 18.2 Å². The number of nitrogen functional groups attached to an aromatic ring is 1. The van der Waals surface area contributed by atoms with Crippen molar-refractivity contribution >= 4 is 5.69 Å². The zero-order chi connectivity index (χ0) is 14.7. The molecule has 1 aromatic carbocycles. The second-order valence-corrected chi connectivity index (χ2v) is 4.42. The average molecular weight is 280 g/mol. The van der Waals surface area contributed by atoms with E-state index < -0.39 is 11.6 Å². The summed E-state index contributed by atoms with van der Waals surface area (Å²) in [6, 6.07) is 5.92. The Balaban J connectivity index is 2.25. The first-order valence-corrected chi connectivity index (χ1v) is 6.01. The van der Waals surface area contributed by atoms with Gasteiger partial charge < -0.3 is 15.2 Å². The predicted molar refractivity (Wildman–Crippen MR) is 70.8 cm³/mol. The van der Waals surface area contributed by atoms with E-state index in [9.17, 15) is 8.78 Å². The summed E-state index contributed by atoms with van der Waals surface area (Å²) in [6.07, 6.45) is -0.105. The first-order chi connectivity index (χ1) is 9.44. The van der Waals surface area contributed by atoms with Gasteiger partial charge in [-0.2, -0.15) is 4.98 Å². The smallest absolute Gasteiger partial charge is 0.240 e. The van der Waals surface area contributed by atoms with Crippen molar-refractivity contribution in [3.05, 3.63) is 42.0 Å². The van der Waals surface area contributed by atoms with Crippen LogP contribution in [0.15, 0.2) is 30.3 Å². The Bertz CT molecular complexity index is 598. The van der Waals surface area contributed by atoms with Crippen molar-refractivity contribution in [1.82, 2.24) is 4.98 Å². The lowest BCUT2D eigenvalue weighted by molar-refractivity contribution is 0.232. The zero-order valence-electron chi connectivity index (χ0n) is 11.1. The second kappa shape index (κ2) is 5.73. The van der Waals surface area contributed by atoms with Gasteiger partial charge in [-0.05, 0) is 19.9 Å². The highest BCUT2D eigenvalue weighted by molar-refractivity contribution is 5.49. The molecule has 0 saturated heterocycles. The van der Waals surface area contributed by atoms with Gasteiger partial charge in [-0.3, -0.25) is 0 Å². The summed E-state index contributed by atoms with van der Waals surface area (Å²) in [4.78, 5) is 4.05. The lowest BCUT2D eigenvalue weighted by atomic mass is 10.3. The third-order valence-electron chi connectivity index (χ3n) is 2.27. The Morgan fingerprint density at radius 1 is 1.10 bits per heavy atom. The molecule has 0 spiro atoms. The van der Waals surface area contributed by atoms with Gasteiger partial charge in [0.15, 0.2) is 0 Å². The van der Waals surface area contributed by atoms with Gasteiger partial charge >= 0.3 is 0 Å². The SMILES string of the molecule is CC(C)Oc1nc(Oc2cc(F)cc(F)c2)ccc1N. The molecule has 0 radical (unpaired) electrons. The maximum Gasteiger partial charge on any atom is 0.240 e. The minimum atomic E-state index is -0.728. The Kier molecular flexibility index (Phi) is 4.02. The molecule has 0 bridgehead atoms. The number of nitrogens with zero attached hydrogens (tertiary/aromatic N) is 1. The van der Waals surface area contributed by atoms with Gasteiger partial charge in [0.25, 0.3) is 0 Å². The van der Waals surface area contributed by atoms with Crippen LogP contribution in [0.5, 0.6) is 17.5 Å². The molecule has 0 atom stereocenters.